The van der Waals surface area contributed by atoms with Crippen LogP contribution < -0.4 is 9.47 Å². The van der Waals surface area contributed by atoms with Gasteiger partial charge in [-0.3, -0.25) is 9.59 Å². The van der Waals surface area contributed by atoms with Gasteiger partial charge < -0.3 is 28.4 Å². The maximum absolute atomic E-state index is 13.7. The van der Waals surface area contributed by atoms with Gasteiger partial charge in [-0.25, -0.2) is 0 Å². The highest BCUT2D eigenvalue weighted by Gasteiger charge is 2.28. The van der Waals surface area contributed by atoms with Crippen LogP contribution in [0, 0.1) is 0 Å². The SMILES string of the molecule is O=C(CN(CC1CCCO1)C(=O)c1cc(Cl)cc(Cl)c1)N(Cc1ccc2c(c1)OCO2)Cc1ccco1. The number of carbonyl (C=O) groups is 2. The Labute approximate surface area is 224 Å². The van der Waals surface area contributed by atoms with E-state index >= 15 is 0 Å². The highest BCUT2D eigenvalue weighted by molar-refractivity contribution is 6.35. The van der Waals surface area contributed by atoms with Crippen LogP contribution in [0.15, 0.2) is 59.2 Å². The summed E-state index contributed by atoms with van der Waals surface area (Å²) >= 11 is 12.3. The van der Waals surface area contributed by atoms with E-state index in [9.17, 15) is 9.59 Å². The maximum atomic E-state index is 13.7. The Kier molecular flexibility index (Phi) is 7.88. The third kappa shape index (κ3) is 6.39. The van der Waals surface area contributed by atoms with Crippen molar-refractivity contribution in [2.45, 2.75) is 32.0 Å². The highest BCUT2D eigenvalue weighted by Crippen LogP contribution is 2.33. The number of ether oxygens (including phenoxy) is 3. The second-order valence-corrected chi connectivity index (χ2v) is 9.87. The first kappa shape index (κ1) is 25.4. The molecule has 1 aromatic heterocycles. The molecule has 0 spiro atoms. The van der Waals surface area contributed by atoms with Crippen LogP contribution in [0.1, 0.15) is 34.5 Å². The summed E-state index contributed by atoms with van der Waals surface area (Å²) in [5.41, 5.74) is 1.18. The van der Waals surface area contributed by atoms with E-state index in [0.717, 1.165) is 18.4 Å². The molecule has 1 fully saturated rings. The van der Waals surface area contributed by atoms with Gasteiger partial charge in [0.2, 0.25) is 12.7 Å². The van der Waals surface area contributed by atoms with Crippen molar-refractivity contribution < 1.29 is 28.2 Å². The van der Waals surface area contributed by atoms with Gasteiger partial charge >= 0.3 is 0 Å². The minimum absolute atomic E-state index is 0.140. The fourth-order valence-electron chi connectivity index (χ4n) is 4.46. The summed E-state index contributed by atoms with van der Waals surface area (Å²) in [4.78, 5) is 30.4. The summed E-state index contributed by atoms with van der Waals surface area (Å²) in [6.45, 7) is 1.48. The topological polar surface area (TPSA) is 81.5 Å². The Bertz CT molecular complexity index is 1240. The Morgan fingerprint density at radius 3 is 2.49 bits per heavy atom. The van der Waals surface area contributed by atoms with Gasteiger partial charge in [0, 0.05) is 35.3 Å². The normalized spacial score (nSPS) is 16.1. The monoisotopic (exact) mass is 544 g/mol. The third-order valence-electron chi connectivity index (χ3n) is 6.26. The minimum Gasteiger partial charge on any atom is -0.467 e. The minimum atomic E-state index is -0.339. The number of halogens is 2. The van der Waals surface area contributed by atoms with Crippen LogP contribution in [0.4, 0.5) is 0 Å². The quantitative estimate of drug-likeness (QED) is 0.369. The predicted octanol–water partition coefficient (Wildman–Crippen LogP) is 5.17. The molecule has 1 atom stereocenters. The molecule has 0 N–H and O–H groups in total. The summed E-state index contributed by atoms with van der Waals surface area (Å²) in [5, 5.41) is 0.697. The van der Waals surface area contributed by atoms with Gasteiger partial charge in [-0.1, -0.05) is 29.3 Å². The van der Waals surface area contributed by atoms with Crippen LogP contribution in [-0.2, 0) is 22.6 Å². The van der Waals surface area contributed by atoms with E-state index in [0.29, 0.717) is 46.0 Å². The molecule has 5 rings (SSSR count). The predicted molar refractivity (Wildman–Crippen MR) is 137 cm³/mol. The van der Waals surface area contributed by atoms with Crippen LogP contribution in [0.5, 0.6) is 11.5 Å². The van der Waals surface area contributed by atoms with Crippen molar-refractivity contribution in [3.63, 3.8) is 0 Å². The van der Waals surface area contributed by atoms with E-state index in [1.165, 1.54) is 4.90 Å². The largest absolute Gasteiger partial charge is 0.467 e. The molecule has 2 aliphatic rings. The molecule has 194 valence electrons. The van der Waals surface area contributed by atoms with Gasteiger partial charge in [-0.15, -0.1) is 0 Å². The van der Waals surface area contributed by atoms with Crippen molar-refractivity contribution in [3.05, 3.63) is 81.7 Å². The maximum Gasteiger partial charge on any atom is 0.254 e. The Balaban J connectivity index is 1.38. The molecule has 10 heteroatoms. The molecule has 0 radical (unpaired) electrons. The number of fused-ring (bicyclic) bond motifs is 1. The standard InChI is InChI=1S/C27H26Cl2N2O6/c28-20-10-19(11-21(29)12-20)27(33)31(15-23-4-2-8-35-23)16-26(32)30(14-22-3-1-7-34-22)13-18-5-6-24-25(9-18)37-17-36-24/h1,3,5-7,9-12,23H,2,4,8,13-17H2. The molecule has 3 heterocycles. The van der Waals surface area contributed by atoms with Crippen molar-refractivity contribution in [1.29, 1.82) is 0 Å². The summed E-state index contributed by atoms with van der Waals surface area (Å²) in [7, 11) is 0. The second kappa shape index (κ2) is 11.5. The van der Waals surface area contributed by atoms with Crippen LogP contribution >= 0.6 is 23.2 Å². The summed E-state index contributed by atoms with van der Waals surface area (Å²) in [6, 6.07) is 13.8. The van der Waals surface area contributed by atoms with Crippen LogP contribution in [-0.4, -0.2) is 54.2 Å². The molecule has 0 saturated carbocycles. The van der Waals surface area contributed by atoms with E-state index in [1.807, 2.05) is 24.3 Å². The number of amides is 2. The Hall–Kier alpha value is -3.20. The lowest BCUT2D eigenvalue weighted by Crippen LogP contribution is -2.45. The number of rotatable bonds is 9. The van der Waals surface area contributed by atoms with Crippen molar-refractivity contribution in [1.82, 2.24) is 9.80 Å². The molecule has 3 aromatic rings. The molecule has 2 aliphatic heterocycles. The summed E-state index contributed by atoms with van der Waals surface area (Å²) in [6.07, 6.45) is 3.16. The highest BCUT2D eigenvalue weighted by atomic mass is 35.5. The number of nitrogens with zero attached hydrogens (tertiary/aromatic N) is 2. The first-order valence-electron chi connectivity index (χ1n) is 12.0. The van der Waals surface area contributed by atoms with Gasteiger partial charge in [0.1, 0.15) is 12.3 Å². The first-order chi connectivity index (χ1) is 17.9. The molecule has 0 bridgehead atoms. The van der Waals surface area contributed by atoms with E-state index in [1.54, 1.807) is 35.4 Å². The first-order valence-corrected chi connectivity index (χ1v) is 12.8. The zero-order valence-electron chi connectivity index (χ0n) is 20.0. The zero-order chi connectivity index (χ0) is 25.8. The fourth-order valence-corrected chi connectivity index (χ4v) is 4.99. The lowest BCUT2D eigenvalue weighted by Gasteiger charge is -2.29. The third-order valence-corrected chi connectivity index (χ3v) is 6.70. The van der Waals surface area contributed by atoms with Gasteiger partial charge in [-0.2, -0.15) is 0 Å². The molecule has 37 heavy (non-hydrogen) atoms. The molecule has 2 amide bonds. The van der Waals surface area contributed by atoms with E-state index < -0.39 is 0 Å². The van der Waals surface area contributed by atoms with Crippen LogP contribution in [0.3, 0.4) is 0 Å². The van der Waals surface area contributed by atoms with Gasteiger partial charge in [0.05, 0.1) is 18.9 Å². The molecular weight excluding hydrogens is 519 g/mol. The van der Waals surface area contributed by atoms with Crippen molar-refractivity contribution in [3.8, 4) is 11.5 Å². The summed E-state index contributed by atoms with van der Waals surface area (Å²) in [5.74, 6) is 1.35. The number of hydrogen-bond acceptors (Lipinski definition) is 6. The Morgan fingerprint density at radius 2 is 1.76 bits per heavy atom. The van der Waals surface area contributed by atoms with Crippen molar-refractivity contribution in [2.24, 2.45) is 0 Å². The van der Waals surface area contributed by atoms with Crippen LogP contribution in [0.2, 0.25) is 10.0 Å². The van der Waals surface area contributed by atoms with E-state index in [4.69, 9.17) is 41.8 Å². The summed E-state index contributed by atoms with van der Waals surface area (Å²) < 4.78 is 22.2. The second-order valence-electron chi connectivity index (χ2n) is 9.00. The lowest BCUT2D eigenvalue weighted by molar-refractivity contribution is -0.133. The zero-order valence-corrected chi connectivity index (χ0v) is 21.5. The van der Waals surface area contributed by atoms with Crippen molar-refractivity contribution in [2.75, 3.05) is 26.5 Å². The Morgan fingerprint density at radius 1 is 0.946 bits per heavy atom. The van der Waals surface area contributed by atoms with Gasteiger partial charge in [0.15, 0.2) is 11.5 Å². The van der Waals surface area contributed by atoms with Gasteiger partial charge in [-0.05, 0) is 60.9 Å². The van der Waals surface area contributed by atoms with E-state index in [2.05, 4.69) is 0 Å². The smallest absolute Gasteiger partial charge is 0.254 e. The average molecular weight is 545 g/mol. The number of furan rings is 1. The fraction of sp³-hybridized carbons (Fsp3) is 0.333. The van der Waals surface area contributed by atoms with Crippen molar-refractivity contribution >= 4 is 35.0 Å². The average Bonchev–Trinajstić information content (AvgIpc) is 3.65. The molecule has 2 aromatic carbocycles. The molecule has 8 nitrogen and oxygen atoms in total. The van der Waals surface area contributed by atoms with Gasteiger partial charge in [0.25, 0.3) is 5.91 Å². The molecule has 1 unspecified atom stereocenters. The lowest BCUT2D eigenvalue weighted by atomic mass is 10.1. The number of hydrogen-bond donors (Lipinski definition) is 0. The van der Waals surface area contributed by atoms with Crippen LogP contribution in [0.25, 0.3) is 0 Å². The van der Waals surface area contributed by atoms with E-state index in [-0.39, 0.29) is 44.3 Å². The molecule has 0 aliphatic carbocycles. The number of benzene rings is 2. The molecule has 1 saturated heterocycles. The number of carbonyl (C=O) groups excluding carboxylic acids is 2. The molecular formula is C27H26Cl2N2O6.